The van der Waals surface area contributed by atoms with Crippen LogP contribution in [0.1, 0.15) is 17.3 Å². The Morgan fingerprint density at radius 3 is 2.52 bits per heavy atom. The van der Waals surface area contributed by atoms with Crippen molar-refractivity contribution in [1.29, 1.82) is 0 Å². The topological polar surface area (TPSA) is 76.7 Å². The summed E-state index contributed by atoms with van der Waals surface area (Å²) in [7, 11) is 0. The average Bonchev–Trinajstić information content (AvgIpc) is 2.47. The number of phenolic OH excluding ortho intramolecular Hbond substituents is 1. The van der Waals surface area contributed by atoms with Crippen molar-refractivity contribution in [2.75, 3.05) is 6.61 Å². The fraction of sp³-hybridized carbons (Fsp3) is 0.125. The summed E-state index contributed by atoms with van der Waals surface area (Å²) in [6.45, 7) is 1.89. The fourth-order valence-corrected chi connectivity index (χ4v) is 2.31. The van der Waals surface area contributed by atoms with Crippen molar-refractivity contribution in [2.24, 2.45) is 0 Å². The first-order chi connectivity index (χ1) is 10.1. The Labute approximate surface area is 119 Å². The molecule has 3 aromatic rings. The molecular formula is C16H12O5. The third kappa shape index (κ3) is 2.03. The van der Waals surface area contributed by atoms with Crippen LogP contribution in [-0.4, -0.2) is 17.7 Å². The van der Waals surface area contributed by atoms with Crippen LogP contribution in [-0.2, 0) is 4.74 Å². The Balaban J connectivity index is 2.46. The molecule has 0 saturated heterocycles. The molecule has 21 heavy (non-hydrogen) atoms. The minimum atomic E-state index is -0.592. The van der Waals surface area contributed by atoms with Gasteiger partial charge in [-0.05, 0) is 31.2 Å². The van der Waals surface area contributed by atoms with Crippen LogP contribution in [0.25, 0.3) is 21.9 Å². The third-order valence-corrected chi connectivity index (χ3v) is 3.20. The Morgan fingerprint density at radius 1 is 1.14 bits per heavy atom. The predicted molar refractivity (Wildman–Crippen MR) is 77.6 cm³/mol. The molecule has 0 radical (unpaired) electrons. The first-order valence-corrected chi connectivity index (χ1v) is 6.48. The van der Waals surface area contributed by atoms with Gasteiger partial charge >= 0.3 is 5.97 Å². The summed E-state index contributed by atoms with van der Waals surface area (Å²) in [5.41, 5.74) is 0.235. The summed E-state index contributed by atoms with van der Waals surface area (Å²) in [5.74, 6) is -0.771. The molecule has 0 aliphatic carbocycles. The quantitative estimate of drug-likeness (QED) is 0.578. The van der Waals surface area contributed by atoms with E-state index in [2.05, 4.69) is 0 Å². The average molecular weight is 284 g/mol. The van der Waals surface area contributed by atoms with Crippen molar-refractivity contribution in [3.05, 3.63) is 52.2 Å². The molecule has 2 aromatic carbocycles. The lowest BCUT2D eigenvalue weighted by Gasteiger charge is -2.07. The second kappa shape index (κ2) is 4.94. The van der Waals surface area contributed by atoms with E-state index in [1.165, 1.54) is 12.1 Å². The molecule has 1 heterocycles. The van der Waals surface area contributed by atoms with Gasteiger partial charge < -0.3 is 14.3 Å². The third-order valence-electron chi connectivity index (χ3n) is 3.20. The minimum absolute atomic E-state index is 0.0572. The molecule has 1 aromatic heterocycles. The number of rotatable bonds is 2. The summed E-state index contributed by atoms with van der Waals surface area (Å²) in [5, 5.41) is 10.0. The standard InChI is InChI=1S/C16H12O5/c1-2-20-16(19)9-5-3-7-11-13(9)15(18)14-10(17)6-4-8-12(14)21-11/h3-8,17H,2H2,1H3. The molecule has 0 bridgehead atoms. The van der Waals surface area contributed by atoms with Crippen LogP contribution in [0.3, 0.4) is 0 Å². The van der Waals surface area contributed by atoms with E-state index < -0.39 is 11.4 Å². The van der Waals surface area contributed by atoms with Crippen molar-refractivity contribution < 1.29 is 19.1 Å². The van der Waals surface area contributed by atoms with E-state index in [9.17, 15) is 14.7 Å². The molecular weight excluding hydrogens is 272 g/mol. The van der Waals surface area contributed by atoms with Gasteiger partial charge in [-0.25, -0.2) is 4.79 Å². The van der Waals surface area contributed by atoms with Gasteiger partial charge in [0, 0.05) is 0 Å². The molecule has 0 saturated carbocycles. The molecule has 0 spiro atoms. The van der Waals surface area contributed by atoms with E-state index in [1.807, 2.05) is 0 Å². The lowest BCUT2D eigenvalue weighted by Crippen LogP contribution is -2.11. The molecule has 106 valence electrons. The van der Waals surface area contributed by atoms with Gasteiger partial charge in [0.15, 0.2) is 0 Å². The van der Waals surface area contributed by atoms with Crippen LogP contribution in [0.2, 0.25) is 0 Å². The van der Waals surface area contributed by atoms with Crippen LogP contribution in [0.4, 0.5) is 0 Å². The van der Waals surface area contributed by atoms with Crippen molar-refractivity contribution in [2.45, 2.75) is 6.92 Å². The minimum Gasteiger partial charge on any atom is -0.507 e. The Hall–Kier alpha value is -2.82. The molecule has 5 heteroatoms. The summed E-state index contributed by atoms with van der Waals surface area (Å²) >= 11 is 0. The lowest BCUT2D eigenvalue weighted by molar-refractivity contribution is 0.0528. The molecule has 3 rings (SSSR count). The first-order valence-electron chi connectivity index (χ1n) is 6.48. The second-order valence-electron chi connectivity index (χ2n) is 4.48. The molecule has 0 aliphatic rings. The van der Waals surface area contributed by atoms with E-state index in [0.717, 1.165) is 0 Å². The maximum Gasteiger partial charge on any atom is 0.339 e. The number of phenols is 1. The first kappa shape index (κ1) is 13.2. The van der Waals surface area contributed by atoms with Crippen molar-refractivity contribution in [3.63, 3.8) is 0 Å². The molecule has 1 N–H and O–H groups in total. The number of carbonyl (C=O) groups is 1. The highest BCUT2D eigenvalue weighted by molar-refractivity contribution is 6.06. The van der Waals surface area contributed by atoms with Crippen molar-refractivity contribution >= 4 is 27.9 Å². The predicted octanol–water partition coefficient (Wildman–Crippen LogP) is 2.83. The van der Waals surface area contributed by atoms with E-state index >= 15 is 0 Å². The number of esters is 1. The Kier molecular flexibility index (Phi) is 3.10. The molecule has 0 amide bonds. The van der Waals surface area contributed by atoms with Crippen LogP contribution in [0, 0.1) is 0 Å². The maximum absolute atomic E-state index is 12.6. The number of fused-ring (bicyclic) bond motifs is 2. The number of benzene rings is 2. The van der Waals surface area contributed by atoms with Crippen molar-refractivity contribution in [1.82, 2.24) is 0 Å². The second-order valence-corrected chi connectivity index (χ2v) is 4.48. The number of aromatic hydroxyl groups is 1. The van der Waals surface area contributed by atoms with E-state index in [1.54, 1.807) is 31.2 Å². The highest BCUT2D eigenvalue weighted by Crippen LogP contribution is 2.26. The molecule has 0 atom stereocenters. The lowest BCUT2D eigenvalue weighted by atomic mass is 10.1. The van der Waals surface area contributed by atoms with Gasteiger partial charge in [0.05, 0.1) is 17.6 Å². The highest BCUT2D eigenvalue weighted by Gasteiger charge is 2.18. The van der Waals surface area contributed by atoms with Crippen molar-refractivity contribution in [3.8, 4) is 5.75 Å². The smallest absolute Gasteiger partial charge is 0.339 e. The van der Waals surface area contributed by atoms with Gasteiger partial charge in [0.2, 0.25) is 5.43 Å². The molecule has 0 fully saturated rings. The fourth-order valence-electron chi connectivity index (χ4n) is 2.31. The maximum atomic E-state index is 12.6. The van der Waals surface area contributed by atoms with Gasteiger partial charge in [0.1, 0.15) is 22.3 Å². The van der Waals surface area contributed by atoms with Crippen LogP contribution in [0.15, 0.2) is 45.6 Å². The van der Waals surface area contributed by atoms with Gasteiger partial charge in [-0.15, -0.1) is 0 Å². The zero-order valence-electron chi connectivity index (χ0n) is 11.3. The normalized spacial score (nSPS) is 10.9. The zero-order valence-corrected chi connectivity index (χ0v) is 11.3. The molecule has 0 aliphatic heterocycles. The largest absolute Gasteiger partial charge is 0.507 e. The monoisotopic (exact) mass is 284 g/mol. The zero-order chi connectivity index (χ0) is 15.0. The summed E-state index contributed by atoms with van der Waals surface area (Å²) in [6, 6.07) is 9.30. The number of carbonyl (C=O) groups excluding carboxylic acids is 1. The highest BCUT2D eigenvalue weighted by atomic mass is 16.5. The van der Waals surface area contributed by atoms with Gasteiger partial charge in [-0.2, -0.15) is 0 Å². The van der Waals surface area contributed by atoms with E-state index in [4.69, 9.17) is 9.15 Å². The van der Waals surface area contributed by atoms with Crippen LogP contribution < -0.4 is 5.43 Å². The Morgan fingerprint density at radius 2 is 1.81 bits per heavy atom. The summed E-state index contributed by atoms with van der Waals surface area (Å²) in [6.07, 6.45) is 0. The summed E-state index contributed by atoms with van der Waals surface area (Å²) in [4.78, 5) is 24.6. The molecule has 0 unspecified atom stereocenters. The SMILES string of the molecule is CCOC(=O)c1cccc2oc3cccc(O)c3c(=O)c12. The van der Waals surface area contributed by atoms with Crippen LogP contribution >= 0.6 is 0 Å². The number of hydrogen-bond acceptors (Lipinski definition) is 5. The summed E-state index contributed by atoms with van der Waals surface area (Å²) < 4.78 is 10.6. The van der Waals surface area contributed by atoms with Gasteiger partial charge in [-0.1, -0.05) is 12.1 Å². The van der Waals surface area contributed by atoms with E-state index in [0.29, 0.717) is 0 Å². The van der Waals surface area contributed by atoms with Gasteiger partial charge in [0.25, 0.3) is 0 Å². The Bertz CT molecular complexity index is 908. The number of hydrogen-bond donors (Lipinski definition) is 1. The van der Waals surface area contributed by atoms with Crippen LogP contribution in [0.5, 0.6) is 5.75 Å². The van der Waals surface area contributed by atoms with E-state index in [-0.39, 0.29) is 39.9 Å². The molecule has 5 nitrogen and oxygen atoms in total. The number of ether oxygens (including phenoxy) is 1. The van der Waals surface area contributed by atoms with Gasteiger partial charge in [-0.3, -0.25) is 4.79 Å².